The lowest BCUT2D eigenvalue weighted by Crippen LogP contribution is -2.54. The van der Waals surface area contributed by atoms with Crippen molar-refractivity contribution in [1.82, 2.24) is 24.6 Å². The van der Waals surface area contributed by atoms with Crippen molar-refractivity contribution in [3.05, 3.63) is 52.2 Å². The fourth-order valence-corrected chi connectivity index (χ4v) is 4.18. The van der Waals surface area contributed by atoms with Crippen molar-refractivity contribution in [2.24, 2.45) is 0 Å². The molecule has 1 unspecified atom stereocenters. The van der Waals surface area contributed by atoms with Crippen molar-refractivity contribution in [2.45, 2.75) is 38.0 Å². The van der Waals surface area contributed by atoms with Crippen LogP contribution >= 0.6 is 0 Å². The van der Waals surface area contributed by atoms with Gasteiger partial charge in [0.2, 0.25) is 0 Å². The van der Waals surface area contributed by atoms with Crippen LogP contribution in [0.15, 0.2) is 35.3 Å². The second kappa shape index (κ2) is 8.13. The van der Waals surface area contributed by atoms with Gasteiger partial charge >= 0.3 is 0 Å². The maximum atomic E-state index is 12.6. The molecule has 0 radical (unpaired) electrons. The average Bonchev–Trinajstić information content (AvgIpc) is 3.21. The number of hydrogen-bond donors (Lipinski definition) is 1. The van der Waals surface area contributed by atoms with Gasteiger partial charge in [0.1, 0.15) is 23.1 Å². The van der Waals surface area contributed by atoms with E-state index in [4.69, 9.17) is 19.7 Å². The molecule has 2 saturated heterocycles. The number of likely N-dealkylation sites (tertiary alicyclic amines) is 1. The largest absolute Gasteiger partial charge is 0.488 e. The first kappa shape index (κ1) is 19.7. The second-order valence-corrected chi connectivity index (χ2v) is 8.13. The Hall–Kier alpha value is -3.22. The molecule has 0 amide bonds. The van der Waals surface area contributed by atoms with E-state index in [-0.39, 0.29) is 23.7 Å². The Morgan fingerprint density at radius 1 is 1.26 bits per heavy atom. The quantitative estimate of drug-likeness (QED) is 0.674. The van der Waals surface area contributed by atoms with E-state index in [1.165, 1.54) is 0 Å². The number of rotatable bonds is 5. The molecular weight excluding hydrogens is 396 g/mol. The number of H-pyrrole nitrogens is 1. The predicted octanol–water partition coefficient (Wildman–Crippen LogP) is 2.17. The van der Waals surface area contributed by atoms with Crippen molar-refractivity contribution in [2.75, 3.05) is 26.3 Å². The number of nitrogens with zero attached hydrogens (tertiary/aromatic N) is 5. The summed E-state index contributed by atoms with van der Waals surface area (Å²) in [4.78, 5) is 22.6. The Kier molecular flexibility index (Phi) is 5.18. The predicted molar refractivity (Wildman–Crippen MR) is 113 cm³/mol. The van der Waals surface area contributed by atoms with Crippen molar-refractivity contribution < 1.29 is 9.47 Å². The Balaban J connectivity index is 1.29. The van der Waals surface area contributed by atoms with Gasteiger partial charge in [-0.2, -0.15) is 10.4 Å². The number of aromatic nitrogens is 4. The van der Waals surface area contributed by atoms with Crippen molar-refractivity contribution in [1.29, 1.82) is 5.26 Å². The third-order valence-electron chi connectivity index (χ3n) is 6.12. The molecule has 160 valence electrons. The number of benzene rings is 1. The Labute approximate surface area is 179 Å². The molecule has 1 aromatic carbocycles. The molecule has 2 fully saturated rings. The van der Waals surface area contributed by atoms with Gasteiger partial charge in [-0.3, -0.25) is 9.69 Å². The monoisotopic (exact) mass is 420 g/mol. The van der Waals surface area contributed by atoms with Crippen LogP contribution in [0.4, 0.5) is 0 Å². The highest BCUT2D eigenvalue weighted by Gasteiger charge is 2.34. The van der Waals surface area contributed by atoms with Crippen LogP contribution in [-0.4, -0.2) is 57.1 Å². The summed E-state index contributed by atoms with van der Waals surface area (Å²) < 4.78 is 13.3. The lowest BCUT2D eigenvalue weighted by atomic mass is 10.1. The van der Waals surface area contributed by atoms with Crippen molar-refractivity contribution >= 4 is 11.0 Å². The van der Waals surface area contributed by atoms with Gasteiger partial charge in [-0.1, -0.05) is 0 Å². The molecule has 9 heteroatoms. The van der Waals surface area contributed by atoms with E-state index in [0.29, 0.717) is 35.6 Å². The molecule has 0 aliphatic carbocycles. The first-order valence-electron chi connectivity index (χ1n) is 10.6. The molecule has 0 bridgehead atoms. The van der Waals surface area contributed by atoms with Crippen LogP contribution in [0.3, 0.4) is 0 Å². The van der Waals surface area contributed by atoms with Gasteiger partial charge < -0.3 is 14.5 Å². The minimum atomic E-state index is -0.156. The van der Waals surface area contributed by atoms with E-state index in [1.807, 2.05) is 23.7 Å². The van der Waals surface area contributed by atoms with Gasteiger partial charge in [-0.05, 0) is 44.0 Å². The first-order chi connectivity index (χ1) is 15.1. The Morgan fingerprint density at radius 2 is 2.00 bits per heavy atom. The molecule has 31 heavy (non-hydrogen) atoms. The van der Waals surface area contributed by atoms with E-state index in [9.17, 15) is 4.79 Å². The van der Waals surface area contributed by atoms with Crippen LogP contribution in [-0.2, 0) is 4.74 Å². The summed E-state index contributed by atoms with van der Waals surface area (Å²) in [6, 6.07) is 9.39. The van der Waals surface area contributed by atoms with Crippen molar-refractivity contribution in [3.63, 3.8) is 0 Å². The number of ether oxygens (including phenoxy) is 2. The van der Waals surface area contributed by atoms with E-state index in [2.05, 4.69) is 21.1 Å². The highest BCUT2D eigenvalue weighted by molar-refractivity contribution is 5.73. The summed E-state index contributed by atoms with van der Waals surface area (Å²) >= 11 is 0. The third kappa shape index (κ3) is 3.80. The second-order valence-electron chi connectivity index (χ2n) is 8.13. The topological polar surface area (TPSA) is 109 Å². The number of aromatic amines is 1. The first-order valence-corrected chi connectivity index (χ1v) is 10.6. The maximum absolute atomic E-state index is 12.6. The summed E-state index contributed by atoms with van der Waals surface area (Å²) in [6.45, 7) is 4.92. The lowest BCUT2D eigenvalue weighted by molar-refractivity contribution is -0.00736. The smallest absolute Gasteiger partial charge is 0.262 e. The Bertz CT molecular complexity index is 1170. The summed E-state index contributed by atoms with van der Waals surface area (Å²) in [5, 5.41) is 13.9. The highest BCUT2D eigenvalue weighted by Crippen LogP contribution is 2.28. The molecule has 1 N–H and O–H groups in total. The van der Waals surface area contributed by atoms with Crippen LogP contribution in [0.5, 0.6) is 5.75 Å². The van der Waals surface area contributed by atoms with Crippen LogP contribution in [0, 0.1) is 11.3 Å². The minimum absolute atomic E-state index is 0.0454. The SMILES string of the molecule is CC(c1nc2c(cnn2C2CCOCC2)c(=O)[nH]1)N1CC(Oc2ccc(C#N)cc2)C1. The number of hydrogen-bond acceptors (Lipinski definition) is 7. The lowest BCUT2D eigenvalue weighted by Gasteiger charge is -2.42. The van der Waals surface area contributed by atoms with E-state index < -0.39 is 0 Å². The standard InChI is InChI=1S/C22H24N6O3/c1-14(27-12-18(13-27)31-17-4-2-15(10-23)3-5-17)20-25-21-19(22(29)26-20)11-24-28(21)16-6-8-30-9-7-16/h2-5,11,14,16,18H,6-9,12-13H2,1H3,(H,25,26,29). The summed E-state index contributed by atoms with van der Waals surface area (Å²) in [5.41, 5.74) is 1.10. The third-order valence-corrected chi connectivity index (χ3v) is 6.12. The highest BCUT2D eigenvalue weighted by atomic mass is 16.5. The molecule has 3 aromatic rings. The molecule has 2 aliphatic heterocycles. The maximum Gasteiger partial charge on any atom is 0.262 e. The Morgan fingerprint density at radius 3 is 2.71 bits per heavy atom. The molecule has 4 heterocycles. The van der Waals surface area contributed by atoms with Gasteiger partial charge in [0.05, 0.1) is 29.9 Å². The van der Waals surface area contributed by atoms with E-state index >= 15 is 0 Å². The fraction of sp³-hybridized carbons (Fsp3) is 0.455. The molecule has 0 spiro atoms. The van der Waals surface area contributed by atoms with Crippen LogP contribution in [0.2, 0.25) is 0 Å². The van der Waals surface area contributed by atoms with Gasteiger partial charge in [-0.15, -0.1) is 0 Å². The van der Waals surface area contributed by atoms with Gasteiger partial charge in [0.25, 0.3) is 5.56 Å². The summed E-state index contributed by atoms with van der Waals surface area (Å²) in [6.07, 6.45) is 3.42. The van der Waals surface area contributed by atoms with Crippen LogP contribution in [0.1, 0.15) is 43.2 Å². The summed E-state index contributed by atoms with van der Waals surface area (Å²) in [5.74, 6) is 1.40. The van der Waals surface area contributed by atoms with Gasteiger partial charge in [0.15, 0.2) is 5.65 Å². The number of fused-ring (bicyclic) bond motifs is 1. The molecule has 9 nitrogen and oxygen atoms in total. The zero-order valence-corrected chi connectivity index (χ0v) is 17.3. The zero-order chi connectivity index (χ0) is 21.4. The minimum Gasteiger partial charge on any atom is -0.488 e. The molecule has 0 saturated carbocycles. The molecule has 5 rings (SSSR count). The van der Waals surface area contributed by atoms with Gasteiger partial charge in [-0.25, -0.2) is 9.67 Å². The van der Waals surface area contributed by atoms with E-state index in [1.54, 1.807) is 18.3 Å². The number of nitriles is 1. The molecule has 2 aromatic heterocycles. The molecule has 1 atom stereocenters. The normalized spacial score (nSPS) is 19.1. The fourth-order valence-electron chi connectivity index (χ4n) is 4.18. The van der Waals surface area contributed by atoms with Crippen molar-refractivity contribution in [3.8, 4) is 11.8 Å². The average molecular weight is 420 g/mol. The zero-order valence-electron chi connectivity index (χ0n) is 17.3. The number of nitrogens with one attached hydrogen (secondary N) is 1. The van der Waals surface area contributed by atoms with Gasteiger partial charge in [0, 0.05) is 26.3 Å². The molecule has 2 aliphatic rings. The molecular formula is C22H24N6O3. The van der Waals surface area contributed by atoms with E-state index in [0.717, 1.165) is 31.7 Å². The summed E-state index contributed by atoms with van der Waals surface area (Å²) in [7, 11) is 0. The van der Waals surface area contributed by atoms with Crippen LogP contribution in [0.25, 0.3) is 11.0 Å². The van der Waals surface area contributed by atoms with Crippen LogP contribution < -0.4 is 10.3 Å².